The van der Waals surface area contributed by atoms with Crippen LogP contribution in [0.5, 0.6) is 0 Å². The van der Waals surface area contributed by atoms with E-state index >= 15 is 0 Å². The van der Waals surface area contributed by atoms with E-state index in [2.05, 4.69) is 11.8 Å². The van der Waals surface area contributed by atoms with Crippen molar-refractivity contribution >= 4 is 17.2 Å². The number of likely N-dealkylation sites (tertiary alicyclic amines) is 1. The molecule has 0 saturated carbocycles. The predicted molar refractivity (Wildman–Crippen MR) is 60.9 cm³/mol. The van der Waals surface area contributed by atoms with Crippen LogP contribution in [0, 0.1) is 0 Å². The van der Waals surface area contributed by atoms with Crippen LogP contribution in [0.3, 0.4) is 0 Å². The smallest absolute Gasteiger partial charge is 0.0902 e. The Morgan fingerprint density at radius 2 is 2.31 bits per heavy atom. The predicted octanol–water partition coefficient (Wildman–Crippen LogP) is 1.93. The van der Waals surface area contributed by atoms with Gasteiger partial charge >= 0.3 is 0 Å². The summed E-state index contributed by atoms with van der Waals surface area (Å²) in [7, 11) is 0. The molecule has 2 N–H and O–H groups in total. The molecule has 0 spiro atoms. The zero-order valence-corrected chi connectivity index (χ0v) is 9.28. The van der Waals surface area contributed by atoms with Crippen LogP contribution in [0.25, 0.3) is 0 Å². The standard InChI is InChI=1S/C10H20N2S/c1-2-3-7-12-8-5-4-6-9(12)10(11)13/h9H,2-8H2,1H3,(H2,11,13). The molecular formula is C10H20N2S. The molecule has 1 unspecified atom stereocenters. The van der Waals surface area contributed by atoms with Crippen LogP contribution in [-0.4, -0.2) is 29.0 Å². The summed E-state index contributed by atoms with van der Waals surface area (Å²) in [4.78, 5) is 3.14. The van der Waals surface area contributed by atoms with Crippen molar-refractivity contribution in [2.75, 3.05) is 13.1 Å². The second-order valence-electron chi connectivity index (χ2n) is 3.80. The van der Waals surface area contributed by atoms with Gasteiger partial charge in [-0.25, -0.2) is 0 Å². The van der Waals surface area contributed by atoms with E-state index in [0.29, 0.717) is 11.0 Å². The Morgan fingerprint density at radius 1 is 1.54 bits per heavy atom. The molecule has 1 fully saturated rings. The Bertz CT molecular complexity index is 170. The number of unbranched alkanes of at least 4 members (excludes halogenated alkanes) is 1. The Balaban J connectivity index is 2.41. The van der Waals surface area contributed by atoms with Gasteiger partial charge in [0.05, 0.1) is 11.0 Å². The number of rotatable bonds is 4. The van der Waals surface area contributed by atoms with Crippen LogP contribution in [0.1, 0.15) is 39.0 Å². The molecule has 2 nitrogen and oxygen atoms in total. The average Bonchev–Trinajstić information content (AvgIpc) is 2.15. The van der Waals surface area contributed by atoms with E-state index < -0.39 is 0 Å². The molecule has 0 radical (unpaired) electrons. The number of hydrogen-bond acceptors (Lipinski definition) is 2. The van der Waals surface area contributed by atoms with Gasteiger partial charge in [0, 0.05) is 0 Å². The van der Waals surface area contributed by atoms with Crippen molar-refractivity contribution in [2.24, 2.45) is 5.73 Å². The summed E-state index contributed by atoms with van der Waals surface area (Å²) in [6.45, 7) is 4.57. The fraction of sp³-hybridized carbons (Fsp3) is 0.900. The summed E-state index contributed by atoms with van der Waals surface area (Å²) in [5, 5.41) is 0. The first-order valence-corrected chi connectivity index (χ1v) is 5.70. The summed E-state index contributed by atoms with van der Waals surface area (Å²) < 4.78 is 0. The quantitative estimate of drug-likeness (QED) is 0.703. The van der Waals surface area contributed by atoms with Gasteiger partial charge in [0.25, 0.3) is 0 Å². The van der Waals surface area contributed by atoms with Crippen molar-refractivity contribution in [1.29, 1.82) is 0 Å². The van der Waals surface area contributed by atoms with Crippen LogP contribution >= 0.6 is 12.2 Å². The highest BCUT2D eigenvalue weighted by Gasteiger charge is 2.23. The molecule has 1 rings (SSSR count). The minimum atomic E-state index is 0.385. The van der Waals surface area contributed by atoms with E-state index in [1.165, 1.54) is 45.2 Å². The summed E-state index contributed by atoms with van der Waals surface area (Å²) in [5.74, 6) is 0. The molecule has 3 heteroatoms. The lowest BCUT2D eigenvalue weighted by Crippen LogP contribution is -2.47. The molecule has 1 aliphatic heterocycles. The molecule has 0 aliphatic carbocycles. The third-order valence-electron chi connectivity index (χ3n) is 2.74. The Kier molecular flexibility index (Phi) is 4.67. The highest BCUT2D eigenvalue weighted by atomic mass is 32.1. The number of thiocarbonyl (C=S) groups is 1. The van der Waals surface area contributed by atoms with Crippen molar-refractivity contribution in [2.45, 2.75) is 45.1 Å². The van der Waals surface area contributed by atoms with Crippen LogP contribution in [0.15, 0.2) is 0 Å². The monoisotopic (exact) mass is 200 g/mol. The Labute approximate surface area is 86.5 Å². The van der Waals surface area contributed by atoms with Crippen molar-refractivity contribution in [3.63, 3.8) is 0 Å². The number of hydrogen-bond donors (Lipinski definition) is 1. The maximum absolute atomic E-state index is 5.72. The van der Waals surface area contributed by atoms with Crippen LogP contribution in [0.2, 0.25) is 0 Å². The zero-order valence-electron chi connectivity index (χ0n) is 8.46. The largest absolute Gasteiger partial charge is 0.392 e. The van der Waals surface area contributed by atoms with Gasteiger partial charge in [-0.2, -0.15) is 0 Å². The van der Waals surface area contributed by atoms with E-state index in [1.54, 1.807) is 0 Å². The number of piperidine rings is 1. The minimum absolute atomic E-state index is 0.385. The van der Waals surface area contributed by atoms with Gasteiger partial charge in [-0.05, 0) is 32.4 Å². The Morgan fingerprint density at radius 3 is 2.92 bits per heavy atom. The fourth-order valence-corrected chi connectivity index (χ4v) is 2.21. The molecule has 1 aliphatic rings. The van der Waals surface area contributed by atoms with E-state index in [1.807, 2.05) is 0 Å². The second-order valence-corrected chi connectivity index (χ2v) is 4.27. The van der Waals surface area contributed by atoms with Gasteiger partial charge in [0.1, 0.15) is 0 Å². The van der Waals surface area contributed by atoms with E-state index in [-0.39, 0.29) is 0 Å². The topological polar surface area (TPSA) is 29.3 Å². The van der Waals surface area contributed by atoms with Gasteiger partial charge < -0.3 is 5.73 Å². The van der Waals surface area contributed by atoms with Gasteiger partial charge in [-0.1, -0.05) is 32.0 Å². The Hall–Kier alpha value is -0.150. The van der Waals surface area contributed by atoms with Gasteiger partial charge in [0.2, 0.25) is 0 Å². The first-order chi connectivity index (χ1) is 6.25. The molecule has 0 aromatic carbocycles. The third kappa shape index (κ3) is 3.24. The lowest BCUT2D eigenvalue weighted by atomic mass is 10.0. The van der Waals surface area contributed by atoms with Gasteiger partial charge in [-0.3, -0.25) is 4.90 Å². The minimum Gasteiger partial charge on any atom is -0.392 e. The summed E-state index contributed by atoms with van der Waals surface area (Å²) >= 11 is 5.08. The second kappa shape index (κ2) is 5.55. The van der Waals surface area contributed by atoms with Crippen molar-refractivity contribution in [1.82, 2.24) is 4.90 Å². The first kappa shape index (κ1) is 10.9. The molecule has 76 valence electrons. The van der Waals surface area contributed by atoms with Crippen LogP contribution < -0.4 is 5.73 Å². The highest BCUT2D eigenvalue weighted by molar-refractivity contribution is 7.80. The normalized spacial score (nSPS) is 24.5. The van der Waals surface area contributed by atoms with Crippen molar-refractivity contribution < 1.29 is 0 Å². The van der Waals surface area contributed by atoms with E-state index in [0.717, 1.165) is 0 Å². The fourth-order valence-electron chi connectivity index (χ4n) is 1.94. The molecule has 1 heterocycles. The molecular weight excluding hydrogens is 180 g/mol. The number of nitrogens with two attached hydrogens (primary N) is 1. The van der Waals surface area contributed by atoms with E-state index in [4.69, 9.17) is 18.0 Å². The molecule has 13 heavy (non-hydrogen) atoms. The average molecular weight is 200 g/mol. The van der Waals surface area contributed by atoms with Crippen LogP contribution in [0.4, 0.5) is 0 Å². The molecule has 0 amide bonds. The lowest BCUT2D eigenvalue weighted by Gasteiger charge is -2.34. The van der Waals surface area contributed by atoms with Crippen molar-refractivity contribution in [3.05, 3.63) is 0 Å². The summed E-state index contributed by atoms with van der Waals surface area (Å²) in [5.41, 5.74) is 5.72. The first-order valence-electron chi connectivity index (χ1n) is 5.29. The molecule has 0 aromatic heterocycles. The lowest BCUT2D eigenvalue weighted by molar-refractivity contribution is 0.190. The van der Waals surface area contributed by atoms with Gasteiger partial charge in [-0.15, -0.1) is 0 Å². The van der Waals surface area contributed by atoms with E-state index in [9.17, 15) is 0 Å². The van der Waals surface area contributed by atoms with Crippen molar-refractivity contribution in [3.8, 4) is 0 Å². The molecule has 0 aromatic rings. The summed E-state index contributed by atoms with van der Waals surface area (Å²) in [6, 6.07) is 0.385. The number of nitrogens with zero attached hydrogens (tertiary/aromatic N) is 1. The maximum atomic E-state index is 5.72. The highest BCUT2D eigenvalue weighted by Crippen LogP contribution is 2.17. The maximum Gasteiger partial charge on any atom is 0.0902 e. The van der Waals surface area contributed by atoms with Gasteiger partial charge in [0.15, 0.2) is 0 Å². The van der Waals surface area contributed by atoms with Crippen LogP contribution in [-0.2, 0) is 0 Å². The summed E-state index contributed by atoms with van der Waals surface area (Å²) in [6.07, 6.45) is 6.27. The molecule has 0 bridgehead atoms. The molecule has 1 saturated heterocycles. The third-order valence-corrected chi connectivity index (χ3v) is 3.01. The zero-order chi connectivity index (χ0) is 9.68. The molecule has 1 atom stereocenters. The SMILES string of the molecule is CCCCN1CCCCC1C(N)=S.